The number of nitrogens with one attached hydrogen (secondary N) is 1. The van der Waals surface area contributed by atoms with Crippen molar-refractivity contribution in [1.29, 1.82) is 0 Å². The van der Waals surface area contributed by atoms with Gasteiger partial charge in [0.05, 0.1) is 40.9 Å². The zero-order valence-corrected chi connectivity index (χ0v) is 37.9. The zero-order chi connectivity index (χ0) is 46.4. The van der Waals surface area contributed by atoms with Crippen molar-refractivity contribution in [3.63, 3.8) is 0 Å². The van der Waals surface area contributed by atoms with Crippen LogP contribution in [-0.2, 0) is 30.3 Å². The number of rotatable bonds is 4. The maximum atomic E-state index is 14.8. The number of hydrogen-bond donors (Lipinski definition) is 5. The highest BCUT2D eigenvalue weighted by Gasteiger charge is 2.50. The summed E-state index contributed by atoms with van der Waals surface area (Å²) >= 11 is 0. The van der Waals surface area contributed by atoms with Gasteiger partial charge in [0.25, 0.3) is 11.7 Å². The monoisotopic (exact) mass is 880 g/mol. The summed E-state index contributed by atoms with van der Waals surface area (Å²) in [4.78, 5) is 53.9. The number of aromatic hydroxyl groups is 2. The molecule has 4 heterocycles. The number of allylic oxidation sites excluding steroid dienone is 2. The number of ether oxygens (including phenoxy) is 4. The number of aliphatic hydroxyl groups excluding tert-OH is 2. The van der Waals surface area contributed by atoms with Crippen molar-refractivity contribution in [3.05, 3.63) is 93.9 Å². The zero-order valence-electron chi connectivity index (χ0n) is 37.9. The fraction of sp³-hybridized carbons (Fsp3) is 0.490. The molecule has 1 amide bonds. The van der Waals surface area contributed by atoms with Gasteiger partial charge in [-0.05, 0) is 25.5 Å². The van der Waals surface area contributed by atoms with Gasteiger partial charge in [-0.3, -0.25) is 29.3 Å². The summed E-state index contributed by atoms with van der Waals surface area (Å²) in [6.07, 6.45) is 4.92. The lowest BCUT2D eigenvalue weighted by molar-refractivity contribution is -0.160. The molecule has 15 nitrogen and oxygen atoms in total. The molecule has 1 fully saturated rings. The van der Waals surface area contributed by atoms with E-state index in [4.69, 9.17) is 28.9 Å². The van der Waals surface area contributed by atoms with Crippen molar-refractivity contribution < 1.29 is 53.8 Å². The van der Waals surface area contributed by atoms with Crippen LogP contribution in [0, 0.1) is 30.6 Å². The SMILES string of the molecule is COC1/C=C\OC2(C)Oc3c(C)c(O)c4c(O)c(c5c(c4c3C2=O)=NC2(CCN(Cc3ccccc3)CC2)N=5)NC(=O)/C(C)=C/C=C\C(C)C(O)C(C)C(O)C(C)C(OC(C)=O)C1C. The minimum atomic E-state index is -1.97. The van der Waals surface area contributed by atoms with Gasteiger partial charge in [0, 0.05) is 93.6 Å². The van der Waals surface area contributed by atoms with Gasteiger partial charge in [-0.25, -0.2) is 0 Å². The Balaban J connectivity index is 1.37. The normalized spacial score (nSPS) is 31.5. The largest absolute Gasteiger partial charge is 0.507 e. The van der Waals surface area contributed by atoms with Crippen LogP contribution in [0.4, 0.5) is 5.69 Å². The van der Waals surface area contributed by atoms with Crippen molar-refractivity contribution in [2.24, 2.45) is 33.7 Å². The van der Waals surface area contributed by atoms with E-state index < -0.39 is 82.9 Å². The quantitative estimate of drug-likeness (QED) is 0.167. The number of esters is 1. The summed E-state index contributed by atoms with van der Waals surface area (Å²) in [7, 11) is 1.47. The predicted octanol–water partition coefficient (Wildman–Crippen LogP) is 5.29. The molecule has 4 aliphatic heterocycles. The minimum absolute atomic E-state index is 0.0265. The van der Waals surface area contributed by atoms with Crippen molar-refractivity contribution in [3.8, 4) is 17.2 Å². The van der Waals surface area contributed by atoms with Gasteiger partial charge >= 0.3 is 11.8 Å². The molecule has 1 spiro atoms. The van der Waals surface area contributed by atoms with Crippen LogP contribution < -0.4 is 20.8 Å². The van der Waals surface area contributed by atoms with E-state index in [1.165, 1.54) is 32.8 Å². The average Bonchev–Trinajstić information content (AvgIpc) is 3.77. The average molecular weight is 881 g/mol. The summed E-state index contributed by atoms with van der Waals surface area (Å²) < 4.78 is 24.0. The molecule has 0 aromatic heterocycles. The van der Waals surface area contributed by atoms with Crippen molar-refractivity contribution >= 4 is 34.1 Å². The van der Waals surface area contributed by atoms with Crippen LogP contribution in [-0.4, -0.2) is 99.1 Å². The summed E-state index contributed by atoms with van der Waals surface area (Å²) in [5, 5.41) is 50.3. The minimum Gasteiger partial charge on any atom is -0.507 e. The van der Waals surface area contributed by atoms with Gasteiger partial charge in [0.1, 0.15) is 28.6 Å². The maximum Gasteiger partial charge on any atom is 0.312 e. The summed E-state index contributed by atoms with van der Waals surface area (Å²) in [5.74, 6) is -6.99. The van der Waals surface area contributed by atoms with Crippen LogP contribution in [0.5, 0.6) is 17.2 Å². The second-order valence-corrected chi connectivity index (χ2v) is 18.0. The number of amides is 1. The van der Waals surface area contributed by atoms with Gasteiger partial charge in [-0.1, -0.05) is 76.3 Å². The first-order valence-corrected chi connectivity index (χ1v) is 21.9. The molecule has 3 aromatic rings. The number of carbonyl (C=O) groups is 3. The molecule has 9 atom stereocenters. The second kappa shape index (κ2) is 18.1. The number of fused-ring (bicyclic) bond motifs is 1. The Labute approximate surface area is 372 Å². The van der Waals surface area contributed by atoms with E-state index in [-0.39, 0.29) is 55.4 Å². The molecule has 4 aliphatic rings. The Morgan fingerprint density at radius 2 is 1.59 bits per heavy atom. The van der Waals surface area contributed by atoms with E-state index in [9.17, 15) is 34.8 Å². The number of Topliss-reactive ketones (excluding diaryl/α,β-unsaturated/α-hetero) is 1. The molecule has 7 rings (SSSR count). The highest BCUT2D eigenvalue weighted by atomic mass is 16.7. The van der Waals surface area contributed by atoms with Crippen molar-refractivity contribution in [1.82, 2.24) is 4.90 Å². The first-order chi connectivity index (χ1) is 30.3. The van der Waals surface area contributed by atoms with E-state index in [1.54, 1.807) is 65.8 Å². The number of phenols is 2. The fourth-order valence-electron chi connectivity index (χ4n) is 9.50. The molecular weight excluding hydrogens is 821 g/mol. The van der Waals surface area contributed by atoms with Gasteiger partial charge in [-0.15, -0.1) is 0 Å². The molecule has 3 aromatic carbocycles. The number of hydrogen-bond acceptors (Lipinski definition) is 14. The number of nitrogens with zero attached hydrogens (tertiary/aromatic N) is 3. The van der Waals surface area contributed by atoms with Crippen LogP contribution >= 0.6 is 0 Å². The molecule has 64 heavy (non-hydrogen) atoms. The standard InChI is InChI=1S/C49H60N4O11/c1-25-14-13-15-26(2)47(60)50-39-38-37(51-49(52-38)19-21-53(22-20-49)24-32-16-11-10-12-17-32)34-35(43(39)58)42(57)30(6)45-36(34)46(59)48(8,64-45)62-23-18-33(61-9)27(3)44(63-31(7)54)29(5)41(56)28(4)40(25)55/h10-18,23,25,27-29,33,40-41,44,55-58H,19-22,24H2,1-9H3,(H,50,60)/b14-13-,23-18-,26-15+. The third kappa shape index (κ3) is 8.53. The molecule has 1 saturated heterocycles. The summed E-state index contributed by atoms with van der Waals surface area (Å²) in [5.41, 5.74) is 0.523. The van der Waals surface area contributed by atoms with Crippen LogP contribution in [0.15, 0.2) is 76.5 Å². The van der Waals surface area contributed by atoms with Crippen molar-refractivity contribution in [2.45, 2.75) is 111 Å². The van der Waals surface area contributed by atoms with Crippen LogP contribution in [0.25, 0.3) is 10.8 Å². The highest BCUT2D eigenvalue weighted by molar-refractivity contribution is 6.19. The Hall–Kier alpha value is -5.61. The molecule has 342 valence electrons. The van der Waals surface area contributed by atoms with Gasteiger partial charge < -0.3 is 44.7 Å². The lowest BCUT2D eigenvalue weighted by Gasteiger charge is -2.38. The van der Waals surface area contributed by atoms with E-state index in [2.05, 4.69) is 22.3 Å². The number of piperidine rings is 1. The number of carbonyl (C=O) groups excluding carboxylic acids is 3. The maximum absolute atomic E-state index is 14.8. The molecule has 0 aliphatic carbocycles. The Kier molecular flexibility index (Phi) is 13.1. The summed E-state index contributed by atoms with van der Waals surface area (Å²) in [6.45, 7) is 14.9. The molecule has 4 bridgehead atoms. The third-order valence-corrected chi connectivity index (χ3v) is 13.5. The molecule has 15 heteroatoms. The number of benzene rings is 3. The third-order valence-electron chi connectivity index (χ3n) is 13.5. The lowest BCUT2D eigenvalue weighted by Crippen LogP contribution is -2.46. The van der Waals surface area contributed by atoms with Gasteiger partial charge in [0.15, 0.2) is 11.4 Å². The fourth-order valence-corrected chi connectivity index (χ4v) is 9.50. The smallest absolute Gasteiger partial charge is 0.312 e. The number of likely N-dealkylation sites (tertiary alicyclic amines) is 1. The Morgan fingerprint density at radius 3 is 2.25 bits per heavy atom. The number of anilines is 1. The molecular formula is C49H60N4O11. The van der Waals surface area contributed by atoms with Crippen molar-refractivity contribution in [2.75, 3.05) is 25.5 Å². The molecule has 0 saturated carbocycles. The molecule has 0 radical (unpaired) electrons. The molecule has 9 unspecified atom stereocenters. The number of phenolic OH excluding ortho intramolecular Hbond substituents is 2. The highest BCUT2D eigenvalue weighted by Crippen LogP contribution is 2.50. The summed E-state index contributed by atoms with van der Waals surface area (Å²) in [6, 6.07) is 10.1. The van der Waals surface area contributed by atoms with Gasteiger partial charge in [-0.2, -0.15) is 0 Å². The molecule has 5 N–H and O–H groups in total. The number of ketones is 1. The first kappa shape index (κ1) is 46.4. The number of methoxy groups -OCH3 is 1. The van der Waals surface area contributed by atoms with Crippen LogP contribution in [0.3, 0.4) is 0 Å². The van der Waals surface area contributed by atoms with Crippen LogP contribution in [0.2, 0.25) is 0 Å². The van der Waals surface area contributed by atoms with E-state index in [0.29, 0.717) is 25.9 Å². The van der Waals surface area contributed by atoms with E-state index >= 15 is 0 Å². The first-order valence-electron chi connectivity index (χ1n) is 21.9. The van der Waals surface area contributed by atoms with E-state index in [1.807, 2.05) is 18.2 Å². The predicted molar refractivity (Wildman–Crippen MR) is 238 cm³/mol. The van der Waals surface area contributed by atoms with Crippen LogP contribution in [0.1, 0.15) is 82.8 Å². The van der Waals surface area contributed by atoms with E-state index in [0.717, 1.165) is 6.54 Å². The Morgan fingerprint density at radius 1 is 0.922 bits per heavy atom. The van der Waals surface area contributed by atoms with Gasteiger partial charge in [0.2, 0.25) is 0 Å². The lowest BCUT2D eigenvalue weighted by atomic mass is 9.78. The topological polar surface area (TPSA) is 209 Å². The number of aliphatic hydroxyl groups is 2. The second-order valence-electron chi connectivity index (χ2n) is 18.0. The Bertz CT molecular complexity index is 2550.